The summed E-state index contributed by atoms with van der Waals surface area (Å²) in [6, 6.07) is 48.8. The van der Waals surface area contributed by atoms with Crippen molar-refractivity contribution in [2.24, 2.45) is 0 Å². The average molecular weight is 490 g/mol. The van der Waals surface area contributed by atoms with Crippen molar-refractivity contribution in [1.29, 1.82) is 0 Å². The molecular formula is C35H23NS. The van der Waals surface area contributed by atoms with Crippen molar-refractivity contribution in [2.75, 3.05) is 5.32 Å². The molecule has 174 valence electrons. The molecule has 0 amide bonds. The Kier molecular flexibility index (Phi) is 4.44. The molecule has 0 saturated heterocycles. The van der Waals surface area contributed by atoms with Crippen LogP contribution in [0.15, 0.2) is 143 Å². The summed E-state index contributed by atoms with van der Waals surface area (Å²) >= 11 is 1.88. The Labute approximate surface area is 220 Å². The minimum Gasteiger partial charge on any atom is -0.355 e. The van der Waals surface area contributed by atoms with Gasteiger partial charge in [-0.25, -0.2) is 0 Å². The molecule has 1 N–H and O–H groups in total. The van der Waals surface area contributed by atoms with Gasteiger partial charge in [0.25, 0.3) is 0 Å². The maximum Gasteiger partial charge on any atom is 0.0736 e. The van der Waals surface area contributed by atoms with Crippen LogP contribution >= 0.6 is 11.8 Å². The van der Waals surface area contributed by atoms with Crippen LogP contribution < -0.4 is 5.32 Å². The minimum atomic E-state index is -0.342. The first-order chi connectivity index (χ1) is 18.3. The molecule has 1 nitrogen and oxygen atoms in total. The monoisotopic (exact) mass is 489 g/mol. The highest BCUT2D eigenvalue weighted by Crippen LogP contribution is 2.63. The Morgan fingerprint density at radius 1 is 0.486 bits per heavy atom. The highest BCUT2D eigenvalue weighted by atomic mass is 32.2. The van der Waals surface area contributed by atoms with Gasteiger partial charge in [0.05, 0.1) is 11.1 Å². The third-order valence-corrected chi connectivity index (χ3v) is 9.12. The van der Waals surface area contributed by atoms with Gasteiger partial charge >= 0.3 is 0 Å². The molecule has 0 atom stereocenters. The van der Waals surface area contributed by atoms with Gasteiger partial charge in [0.15, 0.2) is 0 Å². The fourth-order valence-electron chi connectivity index (χ4n) is 6.40. The van der Waals surface area contributed by atoms with E-state index in [0.29, 0.717) is 0 Å². The van der Waals surface area contributed by atoms with Gasteiger partial charge in [0.1, 0.15) is 0 Å². The molecule has 0 fully saturated rings. The molecule has 6 aromatic rings. The summed E-state index contributed by atoms with van der Waals surface area (Å²) in [4.78, 5) is 2.61. The minimum absolute atomic E-state index is 0.342. The highest BCUT2D eigenvalue weighted by Gasteiger charge is 2.50. The van der Waals surface area contributed by atoms with Crippen molar-refractivity contribution in [2.45, 2.75) is 15.2 Å². The second kappa shape index (κ2) is 7.86. The fourth-order valence-corrected chi connectivity index (χ4v) is 7.66. The lowest BCUT2D eigenvalue weighted by molar-refractivity contribution is 0.723. The largest absolute Gasteiger partial charge is 0.355 e. The van der Waals surface area contributed by atoms with Crippen molar-refractivity contribution in [3.63, 3.8) is 0 Å². The predicted molar refractivity (Wildman–Crippen MR) is 155 cm³/mol. The molecule has 37 heavy (non-hydrogen) atoms. The van der Waals surface area contributed by atoms with E-state index in [2.05, 4.69) is 139 Å². The standard InChI is InChI=1S/C35H23NS/c1-2-11-24-22-25(21-20-23(24)10-1)36-32-18-9-17-31-34(32)37-33-19-8-7-16-30(33)35(31)28-14-5-3-12-26(28)27-13-4-6-15-29(27)35/h1-22,36H. The first kappa shape index (κ1) is 20.9. The van der Waals surface area contributed by atoms with Crippen LogP contribution in [0.3, 0.4) is 0 Å². The van der Waals surface area contributed by atoms with Crippen LogP contribution in [0.5, 0.6) is 0 Å². The summed E-state index contributed by atoms with van der Waals surface area (Å²) in [5.74, 6) is 0. The van der Waals surface area contributed by atoms with E-state index in [0.717, 1.165) is 11.4 Å². The maximum absolute atomic E-state index is 3.79. The van der Waals surface area contributed by atoms with Crippen molar-refractivity contribution in [3.05, 3.63) is 156 Å². The van der Waals surface area contributed by atoms with E-state index >= 15 is 0 Å². The second-order valence-electron chi connectivity index (χ2n) is 9.81. The van der Waals surface area contributed by atoms with E-state index in [4.69, 9.17) is 0 Å². The molecule has 6 aromatic carbocycles. The number of nitrogens with one attached hydrogen (secondary N) is 1. The molecule has 0 radical (unpaired) electrons. The zero-order valence-electron chi connectivity index (χ0n) is 20.1. The molecule has 2 aliphatic rings. The first-order valence-electron chi connectivity index (χ1n) is 12.7. The number of benzene rings is 6. The lowest BCUT2D eigenvalue weighted by atomic mass is 9.67. The molecule has 1 heterocycles. The van der Waals surface area contributed by atoms with Crippen LogP contribution in [-0.4, -0.2) is 0 Å². The molecule has 8 rings (SSSR count). The van der Waals surface area contributed by atoms with Gasteiger partial charge in [0, 0.05) is 15.5 Å². The number of hydrogen-bond acceptors (Lipinski definition) is 2. The van der Waals surface area contributed by atoms with Gasteiger partial charge in [-0.2, -0.15) is 0 Å². The van der Waals surface area contributed by atoms with Gasteiger partial charge in [-0.3, -0.25) is 0 Å². The average Bonchev–Trinajstić information content (AvgIpc) is 3.25. The van der Waals surface area contributed by atoms with Crippen LogP contribution in [0.1, 0.15) is 22.3 Å². The lowest BCUT2D eigenvalue weighted by Crippen LogP contribution is -2.32. The smallest absolute Gasteiger partial charge is 0.0736 e. The predicted octanol–water partition coefficient (Wildman–Crippen LogP) is 9.41. The SMILES string of the molecule is c1ccc2c(c1)Sc1c(Nc3ccc4ccccc4c3)cccc1C21c2ccccc2-c2ccccc21. The Balaban J connectivity index is 1.40. The van der Waals surface area contributed by atoms with Gasteiger partial charge in [-0.05, 0) is 68.4 Å². The molecule has 0 aromatic heterocycles. The zero-order chi connectivity index (χ0) is 24.4. The van der Waals surface area contributed by atoms with E-state index in [9.17, 15) is 0 Å². The first-order valence-corrected chi connectivity index (χ1v) is 13.5. The van der Waals surface area contributed by atoms with Crippen LogP contribution in [0.25, 0.3) is 21.9 Å². The number of fused-ring (bicyclic) bond motifs is 10. The second-order valence-corrected chi connectivity index (χ2v) is 10.9. The maximum atomic E-state index is 3.79. The lowest BCUT2D eigenvalue weighted by Gasteiger charge is -2.40. The van der Waals surface area contributed by atoms with Crippen molar-refractivity contribution < 1.29 is 0 Å². The summed E-state index contributed by atoms with van der Waals surface area (Å²) in [7, 11) is 0. The topological polar surface area (TPSA) is 12.0 Å². The van der Waals surface area contributed by atoms with E-state index in [1.54, 1.807) is 0 Å². The third kappa shape index (κ3) is 2.88. The Bertz CT molecular complexity index is 1810. The van der Waals surface area contributed by atoms with Gasteiger partial charge in [-0.1, -0.05) is 121 Å². The molecular weight excluding hydrogens is 466 g/mol. The quantitative estimate of drug-likeness (QED) is 0.259. The van der Waals surface area contributed by atoms with E-state index in [1.165, 1.54) is 53.9 Å². The van der Waals surface area contributed by atoms with Crippen LogP contribution in [-0.2, 0) is 5.41 Å². The van der Waals surface area contributed by atoms with E-state index in [-0.39, 0.29) is 5.41 Å². The number of rotatable bonds is 2. The summed E-state index contributed by atoms with van der Waals surface area (Å²) in [6.07, 6.45) is 0. The van der Waals surface area contributed by atoms with Crippen molar-refractivity contribution in [1.82, 2.24) is 0 Å². The van der Waals surface area contributed by atoms with Gasteiger partial charge in [-0.15, -0.1) is 0 Å². The summed E-state index contributed by atoms with van der Waals surface area (Å²) in [5.41, 5.74) is 10.0. The molecule has 1 spiro atoms. The molecule has 2 heteroatoms. The van der Waals surface area contributed by atoms with Crippen molar-refractivity contribution in [3.8, 4) is 11.1 Å². The number of hydrogen-bond donors (Lipinski definition) is 1. The Morgan fingerprint density at radius 2 is 1.11 bits per heavy atom. The Morgan fingerprint density at radius 3 is 1.89 bits per heavy atom. The summed E-state index contributed by atoms with van der Waals surface area (Å²) in [5, 5.41) is 6.28. The molecule has 0 saturated carbocycles. The van der Waals surface area contributed by atoms with E-state index < -0.39 is 0 Å². The normalized spacial score (nSPS) is 14.1. The molecule has 0 unspecified atom stereocenters. The van der Waals surface area contributed by atoms with Crippen LogP contribution in [0.4, 0.5) is 11.4 Å². The molecule has 1 aliphatic heterocycles. The highest BCUT2D eigenvalue weighted by molar-refractivity contribution is 7.99. The third-order valence-electron chi connectivity index (χ3n) is 7.90. The summed E-state index contributed by atoms with van der Waals surface area (Å²) in [6.45, 7) is 0. The number of anilines is 2. The zero-order valence-corrected chi connectivity index (χ0v) is 20.9. The summed E-state index contributed by atoms with van der Waals surface area (Å²) < 4.78 is 0. The van der Waals surface area contributed by atoms with Crippen molar-refractivity contribution >= 4 is 33.9 Å². The van der Waals surface area contributed by atoms with Crippen LogP contribution in [0, 0.1) is 0 Å². The van der Waals surface area contributed by atoms with Crippen LogP contribution in [0.2, 0.25) is 0 Å². The van der Waals surface area contributed by atoms with Gasteiger partial charge in [0.2, 0.25) is 0 Å². The van der Waals surface area contributed by atoms with Gasteiger partial charge < -0.3 is 5.32 Å². The molecule has 1 aliphatic carbocycles. The fraction of sp³-hybridized carbons (Fsp3) is 0.0286. The molecule has 0 bridgehead atoms. The van der Waals surface area contributed by atoms with E-state index in [1.807, 2.05) is 11.8 Å². The Hall–Kier alpha value is -4.27.